The minimum atomic E-state index is -0.723. The predicted octanol–water partition coefficient (Wildman–Crippen LogP) is 0.215. The van der Waals surface area contributed by atoms with Gasteiger partial charge in [-0.2, -0.15) is 0 Å². The lowest BCUT2D eigenvalue weighted by Gasteiger charge is -2.15. The fraction of sp³-hybridized carbons (Fsp3) is 0.353. The number of aryl methyl sites for hydroxylation is 2. The van der Waals surface area contributed by atoms with Crippen molar-refractivity contribution in [3.8, 4) is 0 Å². The van der Waals surface area contributed by atoms with Crippen molar-refractivity contribution in [3.63, 3.8) is 0 Å². The standard InChI is InChI=1S/C17H21N5O3/c1-11-6-4-5-7-13(11)18-8-12(23)9-22-10-19-15-14(22)16(24)21(3)17(25)20(15)2/h4-7,10,12,18,23H,8-9H2,1-3H3. The Hall–Kier alpha value is -2.87. The molecule has 0 spiro atoms. The van der Waals surface area contributed by atoms with E-state index in [4.69, 9.17) is 0 Å². The Labute approximate surface area is 144 Å². The highest BCUT2D eigenvalue weighted by atomic mass is 16.3. The number of nitrogens with zero attached hydrogens (tertiary/aromatic N) is 4. The van der Waals surface area contributed by atoms with E-state index in [0.717, 1.165) is 15.8 Å². The molecule has 8 heteroatoms. The molecule has 25 heavy (non-hydrogen) atoms. The van der Waals surface area contributed by atoms with E-state index in [2.05, 4.69) is 10.3 Å². The highest BCUT2D eigenvalue weighted by molar-refractivity contribution is 5.69. The summed E-state index contributed by atoms with van der Waals surface area (Å²) in [5, 5.41) is 13.5. The third-order valence-corrected chi connectivity index (χ3v) is 4.30. The second-order valence-corrected chi connectivity index (χ2v) is 6.12. The average Bonchev–Trinajstić information content (AvgIpc) is 3.01. The van der Waals surface area contributed by atoms with Crippen molar-refractivity contribution in [2.75, 3.05) is 11.9 Å². The lowest BCUT2D eigenvalue weighted by atomic mass is 10.2. The summed E-state index contributed by atoms with van der Waals surface area (Å²) in [6.45, 7) is 2.52. The summed E-state index contributed by atoms with van der Waals surface area (Å²) in [5.41, 5.74) is 1.81. The van der Waals surface area contributed by atoms with E-state index in [0.29, 0.717) is 17.7 Å². The number of hydrogen-bond donors (Lipinski definition) is 2. The molecule has 0 amide bonds. The number of rotatable bonds is 5. The number of benzene rings is 1. The molecule has 2 aromatic heterocycles. The second-order valence-electron chi connectivity index (χ2n) is 6.12. The maximum absolute atomic E-state index is 12.4. The van der Waals surface area contributed by atoms with Crippen LogP contribution in [0.1, 0.15) is 5.56 Å². The van der Waals surface area contributed by atoms with E-state index >= 15 is 0 Å². The molecule has 1 aromatic carbocycles. The first-order chi connectivity index (χ1) is 11.9. The molecule has 0 aliphatic carbocycles. The number of imidazole rings is 1. The van der Waals surface area contributed by atoms with Crippen LogP contribution in [0.2, 0.25) is 0 Å². The largest absolute Gasteiger partial charge is 0.389 e. The van der Waals surface area contributed by atoms with Gasteiger partial charge >= 0.3 is 5.69 Å². The molecule has 0 fully saturated rings. The molecule has 0 radical (unpaired) electrons. The number of aliphatic hydroxyl groups excluding tert-OH is 1. The van der Waals surface area contributed by atoms with E-state index in [-0.39, 0.29) is 6.54 Å². The van der Waals surface area contributed by atoms with Crippen molar-refractivity contribution < 1.29 is 5.11 Å². The molecule has 3 rings (SSSR count). The Morgan fingerprint density at radius 2 is 1.92 bits per heavy atom. The molecule has 1 atom stereocenters. The molecule has 132 valence electrons. The predicted molar refractivity (Wildman–Crippen MR) is 95.9 cm³/mol. The summed E-state index contributed by atoms with van der Waals surface area (Å²) in [5.74, 6) is 0. The monoisotopic (exact) mass is 343 g/mol. The van der Waals surface area contributed by atoms with E-state index in [1.54, 1.807) is 11.6 Å². The van der Waals surface area contributed by atoms with Crippen LogP contribution in [0.15, 0.2) is 40.2 Å². The SMILES string of the molecule is Cc1ccccc1NCC(O)Cn1cnc2c1c(=O)n(C)c(=O)n2C. The Morgan fingerprint density at radius 3 is 2.64 bits per heavy atom. The first-order valence-electron chi connectivity index (χ1n) is 7.98. The number of fused-ring (bicyclic) bond motifs is 1. The molecule has 0 aliphatic heterocycles. The Kier molecular flexibility index (Phi) is 4.45. The molecular weight excluding hydrogens is 322 g/mol. The van der Waals surface area contributed by atoms with Gasteiger partial charge in [0.1, 0.15) is 0 Å². The topological polar surface area (TPSA) is 94.1 Å². The molecule has 2 N–H and O–H groups in total. The fourth-order valence-corrected chi connectivity index (χ4v) is 2.83. The minimum absolute atomic E-state index is 0.197. The van der Waals surface area contributed by atoms with Crippen molar-refractivity contribution >= 4 is 16.9 Å². The van der Waals surface area contributed by atoms with Crippen LogP contribution in [-0.4, -0.2) is 36.4 Å². The van der Waals surface area contributed by atoms with Crippen molar-refractivity contribution in [2.24, 2.45) is 14.1 Å². The molecule has 8 nitrogen and oxygen atoms in total. The minimum Gasteiger partial charge on any atom is -0.389 e. The van der Waals surface area contributed by atoms with E-state index in [1.807, 2.05) is 31.2 Å². The fourth-order valence-electron chi connectivity index (χ4n) is 2.83. The van der Waals surface area contributed by atoms with Crippen LogP contribution >= 0.6 is 0 Å². The van der Waals surface area contributed by atoms with Gasteiger partial charge in [0.05, 0.1) is 19.0 Å². The van der Waals surface area contributed by atoms with Crippen LogP contribution < -0.4 is 16.6 Å². The normalized spacial score (nSPS) is 12.5. The van der Waals surface area contributed by atoms with Gasteiger partial charge in [-0.25, -0.2) is 9.78 Å². The number of nitrogens with one attached hydrogen (secondary N) is 1. The number of para-hydroxylation sites is 1. The van der Waals surface area contributed by atoms with Crippen molar-refractivity contribution in [3.05, 3.63) is 57.0 Å². The van der Waals surface area contributed by atoms with Gasteiger partial charge in [0.25, 0.3) is 5.56 Å². The number of hydrogen-bond acceptors (Lipinski definition) is 5. The summed E-state index contributed by atoms with van der Waals surface area (Å²) < 4.78 is 3.95. The lowest BCUT2D eigenvalue weighted by molar-refractivity contribution is 0.168. The summed E-state index contributed by atoms with van der Waals surface area (Å²) in [7, 11) is 3.00. The molecule has 1 unspecified atom stereocenters. The van der Waals surface area contributed by atoms with E-state index < -0.39 is 17.4 Å². The second kappa shape index (κ2) is 6.56. The van der Waals surface area contributed by atoms with Crippen LogP contribution in [0.4, 0.5) is 5.69 Å². The summed E-state index contributed by atoms with van der Waals surface area (Å²) in [6.07, 6.45) is 0.751. The number of aliphatic hydroxyl groups is 1. The van der Waals surface area contributed by atoms with Gasteiger partial charge < -0.3 is 15.0 Å². The van der Waals surface area contributed by atoms with Crippen LogP contribution in [0.3, 0.4) is 0 Å². The summed E-state index contributed by atoms with van der Waals surface area (Å²) in [4.78, 5) is 28.5. The van der Waals surface area contributed by atoms with Gasteiger partial charge in [0.2, 0.25) is 0 Å². The highest BCUT2D eigenvalue weighted by Crippen LogP contribution is 2.13. The Bertz CT molecular complexity index is 1030. The van der Waals surface area contributed by atoms with E-state index in [9.17, 15) is 14.7 Å². The molecule has 0 aliphatic rings. The number of anilines is 1. The van der Waals surface area contributed by atoms with Crippen LogP contribution in [-0.2, 0) is 20.6 Å². The Balaban J connectivity index is 1.83. The Morgan fingerprint density at radius 1 is 1.20 bits per heavy atom. The molecule has 0 saturated heterocycles. The van der Waals surface area contributed by atoms with Crippen molar-refractivity contribution in [2.45, 2.75) is 19.6 Å². The summed E-state index contributed by atoms with van der Waals surface area (Å²) in [6, 6.07) is 7.81. The third-order valence-electron chi connectivity index (χ3n) is 4.30. The van der Waals surface area contributed by atoms with Crippen LogP contribution in [0, 0.1) is 6.92 Å². The van der Waals surface area contributed by atoms with Crippen molar-refractivity contribution in [1.29, 1.82) is 0 Å². The zero-order valence-electron chi connectivity index (χ0n) is 14.4. The lowest BCUT2D eigenvalue weighted by Crippen LogP contribution is -2.38. The highest BCUT2D eigenvalue weighted by Gasteiger charge is 2.16. The van der Waals surface area contributed by atoms with Gasteiger partial charge in [-0.3, -0.25) is 13.9 Å². The van der Waals surface area contributed by atoms with Gasteiger partial charge in [0.15, 0.2) is 11.2 Å². The summed E-state index contributed by atoms with van der Waals surface area (Å²) >= 11 is 0. The zero-order valence-corrected chi connectivity index (χ0v) is 14.4. The maximum Gasteiger partial charge on any atom is 0.332 e. The maximum atomic E-state index is 12.4. The molecular formula is C17H21N5O3. The molecule has 0 bridgehead atoms. The van der Waals surface area contributed by atoms with Gasteiger partial charge in [-0.05, 0) is 18.6 Å². The zero-order chi connectivity index (χ0) is 18.1. The third kappa shape index (κ3) is 3.08. The van der Waals surface area contributed by atoms with Crippen LogP contribution in [0.25, 0.3) is 11.2 Å². The molecule has 2 heterocycles. The quantitative estimate of drug-likeness (QED) is 0.691. The van der Waals surface area contributed by atoms with Crippen molar-refractivity contribution in [1.82, 2.24) is 18.7 Å². The van der Waals surface area contributed by atoms with Crippen LogP contribution in [0.5, 0.6) is 0 Å². The van der Waals surface area contributed by atoms with Gasteiger partial charge in [-0.15, -0.1) is 0 Å². The average molecular weight is 343 g/mol. The molecule has 0 saturated carbocycles. The van der Waals surface area contributed by atoms with E-state index in [1.165, 1.54) is 17.9 Å². The smallest absolute Gasteiger partial charge is 0.332 e. The van der Waals surface area contributed by atoms with Gasteiger partial charge in [-0.1, -0.05) is 18.2 Å². The molecule has 3 aromatic rings. The first-order valence-corrected chi connectivity index (χ1v) is 7.98. The first kappa shape index (κ1) is 17.0. The number of aromatic nitrogens is 4. The van der Waals surface area contributed by atoms with Gasteiger partial charge in [0, 0.05) is 26.3 Å².